The number of carbonyl (C=O) groups excluding carboxylic acids is 1. The molecule has 0 aliphatic heterocycles. The van der Waals surface area contributed by atoms with Crippen LogP contribution in [-0.2, 0) is 24.0 Å². The average Bonchev–Trinajstić information content (AvgIpc) is 2.69. The third kappa shape index (κ3) is 5.78. The lowest BCUT2D eigenvalue weighted by Crippen LogP contribution is -2.06. The fourth-order valence-electron chi connectivity index (χ4n) is 3.13. The highest BCUT2D eigenvalue weighted by molar-refractivity contribution is 6.30. The molecule has 2 aromatic carbocycles. The molecule has 0 spiro atoms. The smallest absolute Gasteiger partial charge is 0.339 e. The van der Waals surface area contributed by atoms with Gasteiger partial charge >= 0.3 is 5.97 Å². The van der Waals surface area contributed by atoms with E-state index in [4.69, 9.17) is 27.9 Å². The molecule has 0 saturated carbocycles. The maximum absolute atomic E-state index is 14.1. The molecule has 0 N–H and O–H groups in total. The first-order valence-corrected chi connectivity index (χ1v) is 10.0. The fourth-order valence-corrected chi connectivity index (χ4v) is 3.48. The largest absolute Gasteiger partial charge is 0.462 e. The van der Waals surface area contributed by atoms with Crippen LogP contribution in [0.3, 0.4) is 0 Å². The van der Waals surface area contributed by atoms with E-state index in [0.29, 0.717) is 47.0 Å². The van der Waals surface area contributed by atoms with Crippen LogP contribution in [0.1, 0.15) is 39.5 Å². The highest BCUT2D eigenvalue weighted by Gasteiger charge is 2.11. The molecule has 0 atom stereocenters. The first-order valence-electron chi connectivity index (χ1n) is 9.28. The zero-order chi connectivity index (χ0) is 20.8. The molecule has 0 saturated heterocycles. The molecule has 150 valence electrons. The Labute approximate surface area is 179 Å². The number of carbonyl (C=O) groups is 1. The first-order chi connectivity index (χ1) is 14.0. The van der Waals surface area contributed by atoms with Crippen molar-refractivity contribution < 1.29 is 13.9 Å². The van der Waals surface area contributed by atoms with Gasteiger partial charge in [-0.15, -0.1) is 0 Å². The topological polar surface area (TPSA) is 39.2 Å². The molecule has 0 bridgehead atoms. The zero-order valence-corrected chi connectivity index (χ0v) is 17.4. The number of ether oxygens (including phenoxy) is 1. The van der Waals surface area contributed by atoms with Gasteiger partial charge in [-0.2, -0.15) is 0 Å². The second-order valence-electron chi connectivity index (χ2n) is 6.63. The molecule has 3 nitrogen and oxygen atoms in total. The van der Waals surface area contributed by atoms with Gasteiger partial charge in [0.1, 0.15) is 5.82 Å². The molecule has 3 rings (SSSR count). The number of rotatable bonds is 7. The van der Waals surface area contributed by atoms with Crippen molar-refractivity contribution in [2.45, 2.75) is 26.2 Å². The predicted octanol–water partition coefficient (Wildman–Crippen LogP) is 6.08. The van der Waals surface area contributed by atoms with Crippen molar-refractivity contribution in [2.24, 2.45) is 0 Å². The Morgan fingerprint density at radius 1 is 0.966 bits per heavy atom. The summed E-state index contributed by atoms with van der Waals surface area (Å²) in [6, 6.07) is 12.2. The molecule has 0 radical (unpaired) electrons. The lowest BCUT2D eigenvalue weighted by Gasteiger charge is -2.12. The highest BCUT2D eigenvalue weighted by atomic mass is 35.5. The third-order valence-corrected chi connectivity index (χ3v) is 5.02. The van der Waals surface area contributed by atoms with Crippen molar-refractivity contribution in [3.63, 3.8) is 0 Å². The van der Waals surface area contributed by atoms with Crippen molar-refractivity contribution in [1.82, 2.24) is 4.98 Å². The molecule has 0 fully saturated rings. The summed E-state index contributed by atoms with van der Waals surface area (Å²) in [7, 11) is 0. The number of halogens is 3. The van der Waals surface area contributed by atoms with Crippen LogP contribution in [0.2, 0.25) is 10.0 Å². The van der Waals surface area contributed by atoms with Crippen LogP contribution < -0.4 is 0 Å². The van der Waals surface area contributed by atoms with Crippen LogP contribution in [0.5, 0.6) is 0 Å². The molecule has 6 heteroatoms. The molecule has 0 unspecified atom stereocenters. The van der Waals surface area contributed by atoms with E-state index in [-0.39, 0.29) is 5.82 Å². The zero-order valence-electron chi connectivity index (χ0n) is 15.9. The Balaban J connectivity index is 1.80. The third-order valence-electron chi connectivity index (χ3n) is 4.55. The number of nitrogens with zero attached hydrogens (tertiary/aromatic N) is 1. The van der Waals surface area contributed by atoms with E-state index in [0.717, 1.165) is 16.7 Å². The molecule has 1 heterocycles. The van der Waals surface area contributed by atoms with Gasteiger partial charge in [-0.05, 0) is 78.8 Å². The van der Waals surface area contributed by atoms with Gasteiger partial charge in [-0.3, -0.25) is 4.98 Å². The van der Waals surface area contributed by atoms with Crippen LogP contribution in [-0.4, -0.2) is 17.6 Å². The molecule has 29 heavy (non-hydrogen) atoms. The molecule has 0 amide bonds. The SMILES string of the molecule is CCOC(=O)c1cncc(Cc2cc(Cl)ccc2CCc2ccc(Cl)cc2F)c1. The standard InChI is InChI=1S/C23H20Cl2FNO2/c1-2-29-23(28)19-10-15(13-27-14-19)9-18-11-20(24)7-5-16(18)3-4-17-6-8-21(25)12-22(17)26/h5-8,10-14H,2-4,9H2,1H3. The molecule has 3 aromatic rings. The Kier molecular flexibility index (Phi) is 7.24. The Morgan fingerprint density at radius 3 is 2.38 bits per heavy atom. The van der Waals surface area contributed by atoms with E-state index in [1.165, 1.54) is 12.3 Å². The second kappa shape index (κ2) is 9.86. The minimum absolute atomic E-state index is 0.306. The van der Waals surface area contributed by atoms with Crippen molar-refractivity contribution >= 4 is 29.2 Å². The lowest BCUT2D eigenvalue weighted by atomic mass is 9.95. The van der Waals surface area contributed by atoms with Crippen LogP contribution in [0.4, 0.5) is 4.39 Å². The van der Waals surface area contributed by atoms with Gasteiger partial charge in [-0.1, -0.05) is 35.3 Å². The number of benzene rings is 2. The van der Waals surface area contributed by atoms with Gasteiger partial charge < -0.3 is 4.74 Å². The van der Waals surface area contributed by atoms with E-state index in [1.807, 2.05) is 18.2 Å². The number of hydrogen-bond acceptors (Lipinski definition) is 3. The number of pyridine rings is 1. The van der Waals surface area contributed by atoms with Crippen LogP contribution in [0.15, 0.2) is 54.9 Å². The van der Waals surface area contributed by atoms with E-state index < -0.39 is 5.97 Å². The van der Waals surface area contributed by atoms with Gasteiger partial charge in [0.2, 0.25) is 0 Å². The minimum atomic E-state index is -0.397. The molecule has 1 aromatic heterocycles. The van der Waals surface area contributed by atoms with Gasteiger partial charge in [0.25, 0.3) is 0 Å². The summed E-state index contributed by atoms with van der Waals surface area (Å²) in [5.41, 5.74) is 3.97. The molecule has 0 aliphatic carbocycles. The highest BCUT2D eigenvalue weighted by Crippen LogP contribution is 2.23. The Hall–Kier alpha value is -2.43. The van der Waals surface area contributed by atoms with Crippen molar-refractivity contribution in [3.8, 4) is 0 Å². The van der Waals surface area contributed by atoms with Crippen LogP contribution in [0, 0.1) is 5.82 Å². The van der Waals surface area contributed by atoms with E-state index in [2.05, 4.69) is 4.98 Å². The summed E-state index contributed by atoms with van der Waals surface area (Å²) in [4.78, 5) is 16.1. The van der Waals surface area contributed by atoms with E-state index >= 15 is 0 Å². The maximum atomic E-state index is 14.1. The van der Waals surface area contributed by atoms with Gasteiger partial charge in [0.05, 0.1) is 12.2 Å². The summed E-state index contributed by atoms with van der Waals surface area (Å²) in [6.07, 6.45) is 4.95. The Morgan fingerprint density at radius 2 is 1.66 bits per heavy atom. The van der Waals surface area contributed by atoms with Gasteiger partial charge in [0, 0.05) is 22.4 Å². The quantitative estimate of drug-likeness (QED) is 0.425. The lowest BCUT2D eigenvalue weighted by molar-refractivity contribution is 0.0525. The molecular weight excluding hydrogens is 412 g/mol. The maximum Gasteiger partial charge on any atom is 0.339 e. The first kappa shape index (κ1) is 21.3. The van der Waals surface area contributed by atoms with Gasteiger partial charge in [-0.25, -0.2) is 9.18 Å². The van der Waals surface area contributed by atoms with Crippen molar-refractivity contribution in [1.29, 1.82) is 0 Å². The number of aromatic nitrogens is 1. The minimum Gasteiger partial charge on any atom is -0.462 e. The predicted molar refractivity (Wildman–Crippen MR) is 113 cm³/mol. The van der Waals surface area contributed by atoms with Crippen LogP contribution >= 0.6 is 23.2 Å². The summed E-state index contributed by atoms with van der Waals surface area (Å²) in [6.45, 7) is 2.07. The monoisotopic (exact) mass is 431 g/mol. The van der Waals surface area contributed by atoms with E-state index in [9.17, 15) is 9.18 Å². The van der Waals surface area contributed by atoms with Crippen LogP contribution in [0.25, 0.3) is 0 Å². The van der Waals surface area contributed by atoms with E-state index in [1.54, 1.807) is 31.3 Å². The van der Waals surface area contributed by atoms with Crippen molar-refractivity contribution in [3.05, 3.63) is 98.5 Å². The Bertz CT molecular complexity index is 1020. The summed E-state index contributed by atoms with van der Waals surface area (Å²) >= 11 is 12.0. The average molecular weight is 432 g/mol. The second-order valence-corrected chi connectivity index (χ2v) is 7.50. The number of esters is 1. The number of aryl methyl sites for hydroxylation is 2. The summed E-state index contributed by atoms with van der Waals surface area (Å²) in [5.74, 6) is -0.703. The van der Waals surface area contributed by atoms with Gasteiger partial charge in [0.15, 0.2) is 0 Å². The normalized spacial score (nSPS) is 10.8. The molecular formula is C23H20Cl2FNO2. The summed E-state index contributed by atoms with van der Waals surface area (Å²) in [5, 5.41) is 1.00. The fraction of sp³-hybridized carbons (Fsp3) is 0.217. The summed E-state index contributed by atoms with van der Waals surface area (Å²) < 4.78 is 19.1. The van der Waals surface area contributed by atoms with Crippen molar-refractivity contribution in [2.75, 3.05) is 6.61 Å². The molecule has 0 aliphatic rings. The number of hydrogen-bond donors (Lipinski definition) is 0.